The zero-order valence-corrected chi connectivity index (χ0v) is 13.1. The lowest BCUT2D eigenvalue weighted by Gasteiger charge is -2.28. The van der Waals surface area contributed by atoms with Crippen LogP contribution in [-0.2, 0) is 23.8 Å². The Bertz CT molecular complexity index is 505. The van der Waals surface area contributed by atoms with Gasteiger partial charge in [0.2, 0.25) is 0 Å². The molecule has 0 amide bonds. The van der Waals surface area contributed by atoms with Gasteiger partial charge in [-0.05, 0) is 30.4 Å². The summed E-state index contributed by atoms with van der Waals surface area (Å²) in [6.45, 7) is 5.77. The van der Waals surface area contributed by atoms with Crippen molar-refractivity contribution in [3.63, 3.8) is 0 Å². The fourth-order valence-electron chi connectivity index (χ4n) is 2.14. The van der Waals surface area contributed by atoms with Crippen molar-refractivity contribution in [1.82, 2.24) is 0 Å². The van der Waals surface area contributed by atoms with Crippen LogP contribution in [0.25, 0.3) is 0 Å². The van der Waals surface area contributed by atoms with Crippen molar-refractivity contribution < 1.29 is 28.9 Å². The standard InChI is InChI=1S/C16H22O6/c1-5-7-16(2)8-6-12(13(10-16)20-3)22-14(18)9-11(17)15(19)21-4/h5-6,10-11,17H,1,7-9H2,2-4H3/t11-,16?/m0/s1. The van der Waals surface area contributed by atoms with Gasteiger partial charge in [-0.3, -0.25) is 4.79 Å². The van der Waals surface area contributed by atoms with Crippen LogP contribution >= 0.6 is 0 Å². The molecule has 0 radical (unpaired) electrons. The number of hydrogen-bond acceptors (Lipinski definition) is 6. The van der Waals surface area contributed by atoms with Crippen molar-refractivity contribution >= 4 is 11.9 Å². The van der Waals surface area contributed by atoms with Crippen molar-refractivity contribution in [2.24, 2.45) is 5.41 Å². The van der Waals surface area contributed by atoms with Crippen molar-refractivity contribution in [3.8, 4) is 0 Å². The molecule has 0 saturated heterocycles. The fourth-order valence-corrected chi connectivity index (χ4v) is 2.14. The van der Waals surface area contributed by atoms with Gasteiger partial charge in [-0.25, -0.2) is 4.79 Å². The van der Waals surface area contributed by atoms with Crippen LogP contribution in [0.4, 0.5) is 0 Å². The van der Waals surface area contributed by atoms with Crippen LogP contribution in [0.15, 0.2) is 36.3 Å². The average Bonchev–Trinajstić information content (AvgIpc) is 2.48. The summed E-state index contributed by atoms with van der Waals surface area (Å²) >= 11 is 0. The number of allylic oxidation sites excluding steroid dienone is 3. The number of carbonyl (C=O) groups excluding carboxylic acids is 2. The highest BCUT2D eigenvalue weighted by Crippen LogP contribution is 2.37. The molecule has 122 valence electrons. The van der Waals surface area contributed by atoms with E-state index in [0.29, 0.717) is 12.2 Å². The van der Waals surface area contributed by atoms with Gasteiger partial charge >= 0.3 is 11.9 Å². The number of methoxy groups -OCH3 is 2. The first-order valence-electron chi connectivity index (χ1n) is 6.90. The lowest BCUT2D eigenvalue weighted by atomic mass is 9.80. The SMILES string of the molecule is C=CCC1(C)C=C(OC)C(OC(=O)C[C@H](O)C(=O)OC)=CC1. The molecule has 0 saturated carbocycles. The van der Waals surface area contributed by atoms with Gasteiger partial charge in [-0.1, -0.05) is 13.0 Å². The van der Waals surface area contributed by atoms with E-state index in [1.54, 1.807) is 6.08 Å². The van der Waals surface area contributed by atoms with Gasteiger partial charge in [0.05, 0.1) is 20.6 Å². The van der Waals surface area contributed by atoms with Gasteiger partial charge in [0.15, 0.2) is 17.6 Å². The number of ether oxygens (including phenoxy) is 3. The molecule has 0 spiro atoms. The maximum absolute atomic E-state index is 11.8. The molecule has 0 aromatic carbocycles. The Hall–Kier alpha value is -2.08. The summed E-state index contributed by atoms with van der Waals surface area (Å²) in [6, 6.07) is 0. The number of hydrogen-bond donors (Lipinski definition) is 1. The Labute approximate surface area is 130 Å². The highest BCUT2D eigenvalue weighted by atomic mass is 16.6. The Kier molecular flexibility index (Phi) is 6.37. The van der Waals surface area contributed by atoms with Crippen LogP contribution in [0, 0.1) is 5.41 Å². The molecule has 6 nitrogen and oxygen atoms in total. The summed E-state index contributed by atoms with van der Waals surface area (Å²) in [5, 5.41) is 9.44. The third kappa shape index (κ3) is 4.73. The van der Waals surface area contributed by atoms with E-state index < -0.39 is 24.5 Å². The fraction of sp³-hybridized carbons (Fsp3) is 0.500. The number of aliphatic hydroxyl groups is 1. The molecule has 0 fully saturated rings. The van der Waals surface area contributed by atoms with Crippen molar-refractivity contribution in [3.05, 3.63) is 36.3 Å². The predicted molar refractivity (Wildman–Crippen MR) is 79.4 cm³/mol. The van der Waals surface area contributed by atoms with Crippen LogP contribution in [0.2, 0.25) is 0 Å². The summed E-state index contributed by atoms with van der Waals surface area (Å²) in [5.41, 5.74) is -0.144. The minimum absolute atomic E-state index is 0.144. The molecular weight excluding hydrogens is 288 g/mol. The maximum atomic E-state index is 11.8. The molecule has 1 unspecified atom stereocenters. The summed E-state index contributed by atoms with van der Waals surface area (Å²) in [4.78, 5) is 22.8. The van der Waals surface area contributed by atoms with Gasteiger partial charge in [-0.2, -0.15) is 0 Å². The monoisotopic (exact) mass is 310 g/mol. The first-order valence-corrected chi connectivity index (χ1v) is 6.90. The minimum Gasteiger partial charge on any atom is -0.493 e. The molecule has 0 aromatic rings. The maximum Gasteiger partial charge on any atom is 0.335 e. The van der Waals surface area contributed by atoms with Crippen LogP contribution < -0.4 is 0 Å². The molecular formula is C16H22O6. The molecule has 0 aliphatic heterocycles. The molecule has 0 bridgehead atoms. The van der Waals surface area contributed by atoms with Crippen LogP contribution in [0.1, 0.15) is 26.2 Å². The predicted octanol–water partition coefficient (Wildman–Crippen LogP) is 1.85. The number of esters is 2. The summed E-state index contributed by atoms with van der Waals surface area (Å²) in [6.07, 6.45) is 4.86. The van der Waals surface area contributed by atoms with Crippen LogP contribution in [-0.4, -0.2) is 37.4 Å². The zero-order chi connectivity index (χ0) is 16.8. The molecule has 6 heteroatoms. The van der Waals surface area contributed by atoms with E-state index in [1.807, 2.05) is 19.1 Å². The first kappa shape index (κ1) is 18.0. The molecule has 1 N–H and O–H groups in total. The number of carbonyl (C=O) groups is 2. The Balaban J connectivity index is 2.72. The van der Waals surface area contributed by atoms with Gasteiger partial charge in [0.25, 0.3) is 0 Å². The Morgan fingerprint density at radius 2 is 2.14 bits per heavy atom. The molecule has 1 aliphatic carbocycles. The lowest BCUT2D eigenvalue weighted by Crippen LogP contribution is -2.26. The Morgan fingerprint density at radius 3 is 2.68 bits per heavy atom. The van der Waals surface area contributed by atoms with Crippen molar-refractivity contribution in [1.29, 1.82) is 0 Å². The Morgan fingerprint density at radius 1 is 1.45 bits per heavy atom. The van der Waals surface area contributed by atoms with Crippen molar-refractivity contribution in [2.75, 3.05) is 14.2 Å². The van der Waals surface area contributed by atoms with Crippen molar-refractivity contribution in [2.45, 2.75) is 32.3 Å². The van der Waals surface area contributed by atoms with E-state index in [4.69, 9.17) is 9.47 Å². The van der Waals surface area contributed by atoms with E-state index in [-0.39, 0.29) is 11.2 Å². The third-order valence-corrected chi connectivity index (χ3v) is 3.36. The average molecular weight is 310 g/mol. The van der Waals surface area contributed by atoms with Gasteiger partial charge in [0, 0.05) is 0 Å². The largest absolute Gasteiger partial charge is 0.493 e. The topological polar surface area (TPSA) is 82.1 Å². The van der Waals surface area contributed by atoms with Gasteiger partial charge in [-0.15, -0.1) is 6.58 Å². The van der Waals surface area contributed by atoms with E-state index in [1.165, 1.54) is 7.11 Å². The number of aliphatic hydroxyl groups excluding tert-OH is 1. The zero-order valence-electron chi connectivity index (χ0n) is 13.1. The summed E-state index contributed by atoms with van der Waals surface area (Å²) in [7, 11) is 2.61. The molecule has 1 rings (SSSR count). The minimum atomic E-state index is -1.54. The van der Waals surface area contributed by atoms with E-state index in [2.05, 4.69) is 11.3 Å². The number of rotatable bonds is 7. The van der Waals surface area contributed by atoms with Gasteiger partial charge < -0.3 is 19.3 Å². The smallest absolute Gasteiger partial charge is 0.335 e. The lowest BCUT2D eigenvalue weighted by molar-refractivity contribution is -0.156. The highest BCUT2D eigenvalue weighted by Gasteiger charge is 2.29. The molecule has 0 aromatic heterocycles. The first-order chi connectivity index (χ1) is 10.3. The summed E-state index contributed by atoms with van der Waals surface area (Å²) < 4.78 is 14.8. The molecule has 2 atom stereocenters. The van der Waals surface area contributed by atoms with Gasteiger partial charge in [0.1, 0.15) is 0 Å². The second-order valence-corrected chi connectivity index (χ2v) is 5.35. The second-order valence-electron chi connectivity index (χ2n) is 5.35. The molecule has 0 heterocycles. The highest BCUT2D eigenvalue weighted by molar-refractivity contribution is 5.82. The van der Waals surface area contributed by atoms with E-state index in [0.717, 1.165) is 13.5 Å². The van der Waals surface area contributed by atoms with E-state index in [9.17, 15) is 14.7 Å². The van der Waals surface area contributed by atoms with Crippen LogP contribution in [0.3, 0.4) is 0 Å². The normalized spacial score (nSPS) is 22.0. The molecule has 1 aliphatic rings. The third-order valence-electron chi connectivity index (χ3n) is 3.36. The molecule has 22 heavy (non-hydrogen) atoms. The second kappa shape index (κ2) is 7.79. The van der Waals surface area contributed by atoms with Crippen LogP contribution in [0.5, 0.6) is 0 Å². The van der Waals surface area contributed by atoms with E-state index >= 15 is 0 Å². The quantitative estimate of drug-likeness (QED) is 0.571. The summed E-state index contributed by atoms with van der Waals surface area (Å²) in [5.74, 6) is -0.891.